The molecule has 3 nitrogen and oxygen atoms in total. The second kappa shape index (κ2) is 5.98. The second-order valence-electron chi connectivity index (χ2n) is 4.18. The smallest absolute Gasteiger partial charge is 0.320 e. The first kappa shape index (κ1) is 13.9. The van der Waals surface area contributed by atoms with E-state index in [-0.39, 0.29) is 12.5 Å². The fourth-order valence-electron chi connectivity index (χ4n) is 1.49. The lowest BCUT2D eigenvalue weighted by molar-refractivity contribution is -0.140. The minimum Gasteiger partial charge on any atom is -0.480 e. The number of carboxylic acids is 1. The van der Waals surface area contributed by atoms with Crippen LogP contribution in [0.3, 0.4) is 0 Å². The van der Waals surface area contributed by atoms with Crippen molar-refractivity contribution in [1.29, 1.82) is 0 Å². The van der Waals surface area contributed by atoms with Crippen LogP contribution in [0.4, 0.5) is 4.39 Å². The Morgan fingerprint density at radius 1 is 1.53 bits per heavy atom. The van der Waals surface area contributed by atoms with Crippen LogP contribution in [-0.2, 0) is 11.3 Å². The second-order valence-corrected chi connectivity index (χ2v) is 4.61. The molecule has 0 spiro atoms. The van der Waals surface area contributed by atoms with Gasteiger partial charge >= 0.3 is 5.97 Å². The van der Waals surface area contributed by atoms with Crippen molar-refractivity contribution in [3.8, 4) is 0 Å². The van der Waals surface area contributed by atoms with Crippen molar-refractivity contribution < 1.29 is 14.3 Å². The predicted molar refractivity (Wildman–Crippen MR) is 64.5 cm³/mol. The van der Waals surface area contributed by atoms with E-state index in [1.54, 1.807) is 26.0 Å². The van der Waals surface area contributed by atoms with E-state index in [0.29, 0.717) is 10.6 Å². The van der Waals surface area contributed by atoms with Gasteiger partial charge in [-0.3, -0.25) is 10.1 Å². The molecule has 1 aromatic carbocycles. The fourth-order valence-corrected chi connectivity index (χ4v) is 1.65. The van der Waals surface area contributed by atoms with Crippen molar-refractivity contribution >= 4 is 17.6 Å². The lowest BCUT2D eigenvalue weighted by atomic mass is 10.0. The molecule has 0 fully saturated rings. The van der Waals surface area contributed by atoms with Crippen molar-refractivity contribution in [3.05, 3.63) is 34.6 Å². The van der Waals surface area contributed by atoms with Crippen LogP contribution in [-0.4, -0.2) is 17.1 Å². The Labute approximate surface area is 105 Å². The quantitative estimate of drug-likeness (QED) is 0.855. The predicted octanol–water partition coefficient (Wildman–Crippen LogP) is 2.68. The number of halogens is 2. The molecule has 1 rings (SSSR count). The number of carbonyl (C=O) groups is 1. The van der Waals surface area contributed by atoms with Crippen LogP contribution < -0.4 is 5.32 Å². The highest BCUT2D eigenvalue weighted by Crippen LogP contribution is 2.15. The molecule has 0 radical (unpaired) electrons. The van der Waals surface area contributed by atoms with Gasteiger partial charge in [-0.1, -0.05) is 31.5 Å². The summed E-state index contributed by atoms with van der Waals surface area (Å²) in [4.78, 5) is 10.9. The van der Waals surface area contributed by atoms with E-state index in [1.165, 1.54) is 6.07 Å². The zero-order valence-electron chi connectivity index (χ0n) is 9.71. The summed E-state index contributed by atoms with van der Waals surface area (Å²) in [7, 11) is 0. The third kappa shape index (κ3) is 3.98. The minimum absolute atomic E-state index is 0.0668. The van der Waals surface area contributed by atoms with E-state index >= 15 is 0 Å². The summed E-state index contributed by atoms with van der Waals surface area (Å²) in [6.45, 7) is 3.76. The zero-order chi connectivity index (χ0) is 13.0. The van der Waals surface area contributed by atoms with Crippen molar-refractivity contribution in [2.24, 2.45) is 5.92 Å². The van der Waals surface area contributed by atoms with Gasteiger partial charge in [0.15, 0.2) is 0 Å². The molecule has 0 bridgehead atoms. The van der Waals surface area contributed by atoms with E-state index in [9.17, 15) is 9.18 Å². The molecular weight excluding hydrogens is 245 g/mol. The van der Waals surface area contributed by atoms with Gasteiger partial charge < -0.3 is 5.11 Å². The minimum atomic E-state index is -0.936. The Bertz CT molecular complexity index is 409. The van der Waals surface area contributed by atoms with E-state index in [2.05, 4.69) is 5.32 Å². The van der Waals surface area contributed by atoms with Gasteiger partial charge in [-0.2, -0.15) is 0 Å². The maximum atomic E-state index is 13.4. The maximum absolute atomic E-state index is 13.4. The highest BCUT2D eigenvalue weighted by Gasteiger charge is 2.20. The first-order valence-electron chi connectivity index (χ1n) is 5.32. The maximum Gasteiger partial charge on any atom is 0.320 e. The van der Waals surface area contributed by atoms with Crippen molar-refractivity contribution in [3.63, 3.8) is 0 Å². The molecule has 2 N–H and O–H groups in total. The number of aliphatic carboxylic acids is 1. The molecule has 0 amide bonds. The first-order chi connectivity index (χ1) is 7.91. The first-order valence-corrected chi connectivity index (χ1v) is 5.69. The van der Waals surface area contributed by atoms with Gasteiger partial charge in [0.25, 0.3) is 0 Å². The lowest BCUT2D eigenvalue weighted by Gasteiger charge is -2.18. The van der Waals surface area contributed by atoms with Crippen LogP contribution in [0.2, 0.25) is 5.02 Å². The molecule has 1 aromatic rings. The zero-order valence-corrected chi connectivity index (χ0v) is 10.5. The summed E-state index contributed by atoms with van der Waals surface area (Å²) in [5.74, 6) is -1.44. The van der Waals surface area contributed by atoms with Gasteiger partial charge in [-0.05, 0) is 18.1 Å². The number of nitrogens with one attached hydrogen (secondary N) is 1. The Kier molecular flexibility index (Phi) is 4.90. The highest BCUT2D eigenvalue weighted by atomic mass is 35.5. The number of hydrogen-bond acceptors (Lipinski definition) is 2. The third-order valence-corrected chi connectivity index (χ3v) is 2.70. The van der Waals surface area contributed by atoms with Gasteiger partial charge in [-0.15, -0.1) is 0 Å². The fraction of sp³-hybridized carbons (Fsp3) is 0.417. The van der Waals surface area contributed by atoms with Gasteiger partial charge in [0.1, 0.15) is 11.9 Å². The van der Waals surface area contributed by atoms with Crippen LogP contribution in [0.5, 0.6) is 0 Å². The van der Waals surface area contributed by atoms with Crippen LogP contribution >= 0.6 is 11.6 Å². The largest absolute Gasteiger partial charge is 0.480 e. The number of hydrogen-bond donors (Lipinski definition) is 2. The lowest BCUT2D eigenvalue weighted by Crippen LogP contribution is -2.40. The normalized spacial score (nSPS) is 12.8. The van der Waals surface area contributed by atoms with Crippen LogP contribution in [0.1, 0.15) is 19.4 Å². The summed E-state index contributed by atoms with van der Waals surface area (Å²) in [5.41, 5.74) is 0.404. The molecule has 0 aliphatic heterocycles. The average molecular weight is 260 g/mol. The Morgan fingerprint density at radius 2 is 2.18 bits per heavy atom. The van der Waals surface area contributed by atoms with Crippen molar-refractivity contribution in [1.82, 2.24) is 5.32 Å². The Balaban J connectivity index is 2.69. The molecule has 0 heterocycles. The summed E-state index contributed by atoms with van der Waals surface area (Å²) >= 11 is 5.63. The SMILES string of the molecule is CC(C)[C@H](NCc1ccc(Cl)cc1F)C(=O)O. The molecule has 0 saturated heterocycles. The van der Waals surface area contributed by atoms with Gasteiger partial charge in [0, 0.05) is 17.1 Å². The monoisotopic (exact) mass is 259 g/mol. The molecule has 0 aromatic heterocycles. The summed E-state index contributed by atoms with van der Waals surface area (Å²) in [5, 5.41) is 12.1. The number of benzene rings is 1. The number of carboxylic acid groups (broad SMARTS) is 1. The van der Waals surface area contributed by atoms with Gasteiger partial charge in [0.2, 0.25) is 0 Å². The van der Waals surface area contributed by atoms with E-state index < -0.39 is 17.8 Å². The Hall–Kier alpha value is -1.13. The van der Waals surface area contributed by atoms with E-state index in [4.69, 9.17) is 16.7 Å². The topological polar surface area (TPSA) is 49.3 Å². The molecule has 0 unspecified atom stereocenters. The summed E-state index contributed by atoms with van der Waals surface area (Å²) < 4.78 is 13.4. The molecule has 0 aliphatic carbocycles. The van der Waals surface area contributed by atoms with Crippen LogP contribution in [0.15, 0.2) is 18.2 Å². The average Bonchev–Trinajstić information content (AvgIpc) is 2.20. The number of rotatable bonds is 5. The van der Waals surface area contributed by atoms with E-state index in [1.807, 2.05) is 0 Å². The van der Waals surface area contributed by atoms with Gasteiger partial charge in [-0.25, -0.2) is 4.39 Å². The van der Waals surface area contributed by atoms with Crippen molar-refractivity contribution in [2.75, 3.05) is 0 Å². The van der Waals surface area contributed by atoms with Gasteiger partial charge in [0.05, 0.1) is 0 Å². The summed E-state index contributed by atoms with van der Waals surface area (Å²) in [6.07, 6.45) is 0. The Morgan fingerprint density at radius 3 is 2.65 bits per heavy atom. The van der Waals surface area contributed by atoms with Crippen LogP contribution in [0.25, 0.3) is 0 Å². The molecule has 0 aliphatic rings. The summed E-state index contributed by atoms with van der Waals surface area (Å²) in [6, 6.07) is 3.64. The highest BCUT2D eigenvalue weighted by molar-refractivity contribution is 6.30. The van der Waals surface area contributed by atoms with Crippen LogP contribution in [0, 0.1) is 11.7 Å². The van der Waals surface area contributed by atoms with Crippen molar-refractivity contribution in [2.45, 2.75) is 26.4 Å². The standard InChI is InChI=1S/C12H15ClFNO2/c1-7(2)11(12(16)17)15-6-8-3-4-9(13)5-10(8)14/h3-5,7,11,15H,6H2,1-2H3,(H,16,17)/t11-/m0/s1. The van der Waals surface area contributed by atoms with E-state index in [0.717, 1.165) is 0 Å². The molecule has 17 heavy (non-hydrogen) atoms. The third-order valence-electron chi connectivity index (χ3n) is 2.46. The molecule has 0 saturated carbocycles. The molecule has 5 heteroatoms. The molecular formula is C12H15ClFNO2. The molecule has 94 valence electrons. The molecule has 1 atom stereocenters.